The number of ether oxygens (including phenoxy) is 2. The van der Waals surface area contributed by atoms with Gasteiger partial charge in [0.2, 0.25) is 0 Å². The van der Waals surface area contributed by atoms with E-state index in [0.29, 0.717) is 0 Å². The summed E-state index contributed by atoms with van der Waals surface area (Å²) in [6.07, 6.45) is 7.10. The molecule has 4 N–H and O–H groups in total. The standard InChI is InChI=1S/C24H37N3O2.3ClH/c1-28-23-12-9-21(19-24(23)29-2)14-18-27-16-6-4-3-5-15-26-17-13-20-7-10-22(25)11-8-20;;;/h7-12,19,26-27H,3-6,13-18,25H2,1-2H3;3*1H. The van der Waals surface area contributed by atoms with Gasteiger partial charge in [0.05, 0.1) is 14.2 Å². The van der Waals surface area contributed by atoms with Gasteiger partial charge in [-0.05, 0) is 87.3 Å². The van der Waals surface area contributed by atoms with Crippen LogP contribution in [0.4, 0.5) is 5.69 Å². The van der Waals surface area contributed by atoms with Crippen molar-refractivity contribution in [3.8, 4) is 11.5 Å². The molecule has 0 spiro atoms. The second-order valence-electron chi connectivity index (χ2n) is 7.35. The normalized spacial score (nSPS) is 9.81. The van der Waals surface area contributed by atoms with Gasteiger partial charge in [0, 0.05) is 5.69 Å². The van der Waals surface area contributed by atoms with Gasteiger partial charge < -0.3 is 25.8 Å². The highest BCUT2D eigenvalue weighted by Crippen LogP contribution is 2.27. The summed E-state index contributed by atoms with van der Waals surface area (Å²) in [5.41, 5.74) is 9.14. The SMILES string of the molecule is COc1ccc(CCNCCCCCCNCCc2ccc(N)cc2)cc1OC.Cl.Cl.Cl. The quantitative estimate of drug-likeness (QED) is 0.231. The zero-order valence-corrected chi connectivity index (χ0v) is 21.7. The number of unbranched alkanes of at least 4 members (excludes halogenated alkanes) is 3. The van der Waals surface area contributed by atoms with Gasteiger partial charge in [-0.2, -0.15) is 0 Å². The van der Waals surface area contributed by atoms with E-state index in [2.05, 4.69) is 34.9 Å². The summed E-state index contributed by atoms with van der Waals surface area (Å²) >= 11 is 0. The first-order chi connectivity index (χ1) is 14.2. The molecule has 32 heavy (non-hydrogen) atoms. The number of hydrogen-bond donors (Lipinski definition) is 3. The van der Waals surface area contributed by atoms with Crippen molar-refractivity contribution >= 4 is 42.9 Å². The van der Waals surface area contributed by atoms with Crippen LogP contribution in [0, 0.1) is 0 Å². The zero-order chi connectivity index (χ0) is 20.7. The molecule has 5 nitrogen and oxygen atoms in total. The van der Waals surface area contributed by atoms with E-state index in [1.807, 2.05) is 18.2 Å². The van der Waals surface area contributed by atoms with E-state index >= 15 is 0 Å². The molecule has 8 heteroatoms. The maximum absolute atomic E-state index is 5.71. The summed E-state index contributed by atoms with van der Waals surface area (Å²) in [6.45, 7) is 4.20. The van der Waals surface area contributed by atoms with Crippen molar-refractivity contribution in [2.45, 2.75) is 38.5 Å². The van der Waals surface area contributed by atoms with Crippen LogP contribution in [0.15, 0.2) is 42.5 Å². The number of halogens is 3. The summed E-state index contributed by atoms with van der Waals surface area (Å²) in [5.74, 6) is 1.58. The van der Waals surface area contributed by atoms with Crippen LogP contribution in [0.3, 0.4) is 0 Å². The molecule has 0 unspecified atom stereocenters. The van der Waals surface area contributed by atoms with E-state index < -0.39 is 0 Å². The molecule has 0 atom stereocenters. The van der Waals surface area contributed by atoms with Crippen LogP contribution >= 0.6 is 37.2 Å². The van der Waals surface area contributed by atoms with Crippen LogP contribution in [0.25, 0.3) is 0 Å². The van der Waals surface area contributed by atoms with Crippen molar-refractivity contribution in [2.24, 2.45) is 0 Å². The molecule has 0 aromatic heterocycles. The Morgan fingerprint density at radius 2 is 1.12 bits per heavy atom. The number of methoxy groups -OCH3 is 2. The van der Waals surface area contributed by atoms with Gasteiger partial charge >= 0.3 is 0 Å². The van der Waals surface area contributed by atoms with Gasteiger partial charge in [0.15, 0.2) is 11.5 Å². The Hall–Kier alpha value is -1.37. The number of anilines is 1. The van der Waals surface area contributed by atoms with Gasteiger partial charge in [-0.3, -0.25) is 0 Å². The predicted octanol–water partition coefficient (Wildman–Crippen LogP) is 5.08. The van der Waals surface area contributed by atoms with E-state index in [0.717, 1.165) is 56.2 Å². The Morgan fingerprint density at radius 3 is 1.66 bits per heavy atom. The molecule has 0 aliphatic heterocycles. The third kappa shape index (κ3) is 13.2. The highest BCUT2D eigenvalue weighted by atomic mass is 35.5. The van der Waals surface area contributed by atoms with Crippen molar-refractivity contribution in [3.63, 3.8) is 0 Å². The van der Waals surface area contributed by atoms with Crippen molar-refractivity contribution in [2.75, 3.05) is 46.1 Å². The molecule has 0 saturated carbocycles. The maximum atomic E-state index is 5.71. The van der Waals surface area contributed by atoms with Crippen LogP contribution in [0.2, 0.25) is 0 Å². The highest BCUT2D eigenvalue weighted by molar-refractivity contribution is 5.86. The summed E-state index contributed by atoms with van der Waals surface area (Å²) in [5, 5.41) is 7.07. The highest BCUT2D eigenvalue weighted by Gasteiger charge is 2.04. The molecule has 184 valence electrons. The Bertz CT molecular complexity index is 703. The van der Waals surface area contributed by atoms with Gasteiger partial charge in [0.1, 0.15) is 0 Å². The smallest absolute Gasteiger partial charge is 0.160 e. The van der Waals surface area contributed by atoms with Gasteiger partial charge in [0.25, 0.3) is 0 Å². The molecule has 0 amide bonds. The Morgan fingerprint density at radius 1 is 0.625 bits per heavy atom. The lowest BCUT2D eigenvalue weighted by Crippen LogP contribution is -2.19. The van der Waals surface area contributed by atoms with Crippen molar-refractivity contribution in [3.05, 3.63) is 53.6 Å². The molecule has 2 aromatic rings. The first-order valence-corrected chi connectivity index (χ1v) is 10.7. The molecule has 0 fully saturated rings. The second kappa shape index (κ2) is 20.3. The summed E-state index contributed by atoms with van der Waals surface area (Å²) in [4.78, 5) is 0. The fraction of sp³-hybridized carbons (Fsp3) is 0.500. The molecule has 0 aliphatic rings. The van der Waals surface area contributed by atoms with Crippen molar-refractivity contribution in [1.29, 1.82) is 0 Å². The third-order valence-corrected chi connectivity index (χ3v) is 5.07. The molecule has 0 saturated heterocycles. The van der Waals surface area contributed by atoms with E-state index in [9.17, 15) is 0 Å². The molecule has 2 aromatic carbocycles. The maximum Gasteiger partial charge on any atom is 0.160 e. The van der Waals surface area contributed by atoms with Crippen LogP contribution in [-0.4, -0.2) is 40.4 Å². The van der Waals surface area contributed by atoms with Gasteiger partial charge in [-0.15, -0.1) is 37.2 Å². The number of hydrogen-bond acceptors (Lipinski definition) is 5. The third-order valence-electron chi connectivity index (χ3n) is 5.07. The van der Waals surface area contributed by atoms with Crippen LogP contribution in [-0.2, 0) is 12.8 Å². The molecule has 0 heterocycles. The average Bonchev–Trinajstić information content (AvgIpc) is 2.75. The minimum atomic E-state index is 0. The summed E-state index contributed by atoms with van der Waals surface area (Å²) in [7, 11) is 3.34. The fourth-order valence-corrected chi connectivity index (χ4v) is 3.29. The van der Waals surface area contributed by atoms with E-state index in [4.69, 9.17) is 15.2 Å². The van der Waals surface area contributed by atoms with Crippen molar-refractivity contribution in [1.82, 2.24) is 10.6 Å². The molecular weight excluding hydrogens is 469 g/mol. The lowest BCUT2D eigenvalue weighted by molar-refractivity contribution is 0.354. The minimum absolute atomic E-state index is 0. The predicted molar refractivity (Wildman–Crippen MR) is 144 cm³/mol. The largest absolute Gasteiger partial charge is 0.493 e. The molecule has 2 rings (SSSR count). The first-order valence-electron chi connectivity index (χ1n) is 10.7. The number of benzene rings is 2. The Labute approximate surface area is 212 Å². The van der Waals surface area contributed by atoms with E-state index in [1.165, 1.54) is 36.8 Å². The van der Waals surface area contributed by atoms with Gasteiger partial charge in [-0.1, -0.05) is 31.0 Å². The van der Waals surface area contributed by atoms with Crippen LogP contribution in [0.5, 0.6) is 11.5 Å². The number of nitrogens with one attached hydrogen (secondary N) is 2. The lowest BCUT2D eigenvalue weighted by atomic mass is 10.1. The van der Waals surface area contributed by atoms with Crippen molar-refractivity contribution < 1.29 is 9.47 Å². The van der Waals surface area contributed by atoms with E-state index in [1.54, 1.807) is 14.2 Å². The monoisotopic (exact) mass is 507 g/mol. The Balaban J connectivity index is 0. The summed E-state index contributed by atoms with van der Waals surface area (Å²) in [6, 6.07) is 14.3. The average molecular weight is 509 g/mol. The lowest BCUT2D eigenvalue weighted by Gasteiger charge is -2.10. The number of nitrogens with two attached hydrogens (primary N) is 1. The Kier molecular flexibility index (Phi) is 20.8. The molecule has 0 aliphatic carbocycles. The molecular formula is C24H40Cl3N3O2. The van der Waals surface area contributed by atoms with E-state index in [-0.39, 0.29) is 37.2 Å². The number of rotatable bonds is 15. The van der Waals surface area contributed by atoms with Gasteiger partial charge in [-0.25, -0.2) is 0 Å². The minimum Gasteiger partial charge on any atom is -0.493 e. The summed E-state index contributed by atoms with van der Waals surface area (Å²) < 4.78 is 10.6. The topological polar surface area (TPSA) is 68.5 Å². The molecule has 0 radical (unpaired) electrons. The zero-order valence-electron chi connectivity index (χ0n) is 19.2. The second-order valence-corrected chi connectivity index (χ2v) is 7.35. The fourth-order valence-electron chi connectivity index (χ4n) is 3.29. The van der Waals surface area contributed by atoms with Crippen LogP contribution < -0.4 is 25.8 Å². The first kappa shape index (κ1) is 32.8. The van der Waals surface area contributed by atoms with Crippen LogP contribution in [0.1, 0.15) is 36.8 Å². The number of nitrogen functional groups attached to an aromatic ring is 1. The molecule has 0 bridgehead atoms.